The van der Waals surface area contributed by atoms with Gasteiger partial charge in [0.1, 0.15) is 0 Å². The van der Waals surface area contributed by atoms with Crippen molar-refractivity contribution in [2.24, 2.45) is 11.3 Å². The molecule has 0 unspecified atom stereocenters. The number of amides is 1. The highest BCUT2D eigenvalue weighted by molar-refractivity contribution is 5.93. The van der Waals surface area contributed by atoms with E-state index in [2.05, 4.69) is 6.92 Å². The van der Waals surface area contributed by atoms with Gasteiger partial charge in [0, 0.05) is 19.5 Å². The van der Waals surface area contributed by atoms with Crippen LogP contribution >= 0.6 is 0 Å². The maximum Gasteiger partial charge on any atom is 0.410 e. The Kier molecular flexibility index (Phi) is 5.22. The van der Waals surface area contributed by atoms with Crippen molar-refractivity contribution < 1.29 is 14.3 Å². The van der Waals surface area contributed by atoms with E-state index in [1.165, 1.54) is 4.90 Å². The van der Waals surface area contributed by atoms with Gasteiger partial charge >= 0.3 is 6.09 Å². The molecular weight excluding hydrogens is 254 g/mol. The van der Waals surface area contributed by atoms with Crippen LogP contribution in [0.2, 0.25) is 0 Å². The second kappa shape index (κ2) is 6.15. The second-order valence-corrected chi connectivity index (χ2v) is 7.10. The molecule has 1 saturated carbocycles. The van der Waals surface area contributed by atoms with Gasteiger partial charge in [0.2, 0.25) is 0 Å². The van der Waals surface area contributed by atoms with Gasteiger partial charge in [-0.1, -0.05) is 40.0 Å². The lowest BCUT2D eigenvalue weighted by Gasteiger charge is -2.36. The third-order valence-electron chi connectivity index (χ3n) is 4.02. The lowest BCUT2D eigenvalue weighted by Crippen LogP contribution is -2.49. The van der Waals surface area contributed by atoms with Gasteiger partial charge in [-0.15, -0.1) is 0 Å². The zero-order valence-corrected chi connectivity index (χ0v) is 13.8. The smallest absolute Gasteiger partial charge is 0.410 e. The van der Waals surface area contributed by atoms with Crippen LogP contribution in [0.3, 0.4) is 0 Å². The van der Waals surface area contributed by atoms with E-state index in [1.54, 1.807) is 21.0 Å². The van der Waals surface area contributed by atoms with E-state index in [0.717, 1.165) is 25.7 Å². The van der Waals surface area contributed by atoms with Crippen LogP contribution in [-0.2, 0) is 9.53 Å². The van der Waals surface area contributed by atoms with Crippen molar-refractivity contribution in [2.75, 3.05) is 14.1 Å². The average Bonchev–Trinajstić information content (AvgIpc) is 3.11. The molecule has 0 heterocycles. The van der Waals surface area contributed by atoms with E-state index < -0.39 is 17.1 Å². The van der Waals surface area contributed by atoms with Crippen molar-refractivity contribution in [1.29, 1.82) is 0 Å². The topological polar surface area (TPSA) is 46.6 Å². The lowest BCUT2D eigenvalue weighted by atomic mass is 9.74. The standard InChI is InChI=1S/C16H29NO3/c1-7-10-15(2,3)13(18)16(4,11-12-8-9-12)20-14(19)17(5)6/h12H,7-11H2,1-6H3/t16-/m1/s1. The van der Waals surface area contributed by atoms with Crippen molar-refractivity contribution in [2.45, 2.75) is 65.4 Å². The van der Waals surface area contributed by atoms with Crippen LogP contribution < -0.4 is 0 Å². The van der Waals surface area contributed by atoms with E-state index in [4.69, 9.17) is 4.74 Å². The van der Waals surface area contributed by atoms with E-state index >= 15 is 0 Å². The number of rotatable bonds is 7. The first kappa shape index (κ1) is 17.0. The van der Waals surface area contributed by atoms with Gasteiger partial charge in [0.05, 0.1) is 0 Å². The molecule has 20 heavy (non-hydrogen) atoms. The maximum absolute atomic E-state index is 12.9. The number of hydrogen-bond acceptors (Lipinski definition) is 3. The highest BCUT2D eigenvalue weighted by atomic mass is 16.6. The second-order valence-electron chi connectivity index (χ2n) is 7.10. The molecular formula is C16H29NO3. The van der Waals surface area contributed by atoms with E-state index in [9.17, 15) is 9.59 Å². The third kappa shape index (κ3) is 4.22. The molecule has 1 atom stereocenters. The predicted molar refractivity (Wildman–Crippen MR) is 79.6 cm³/mol. The normalized spacial score (nSPS) is 18.3. The first-order valence-electron chi connectivity index (χ1n) is 7.57. The molecule has 0 N–H and O–H groups in total. The van der Waals surface area contributed by atoms with Crippen molar-refractivity contribution >= 4 is 11.9 Å². The predicted octanol–water partition coefficient (Wildman–Crippen LogP) is 3.64. The zero-order chi connectivity index (χ0) is 15.6. The van der Waals surface area contributed by atoms with Crippen LogP contribution in [0, 0.1) is 11.3 Å². The summed E-state index contributed by atoms with van der Waals surface area (Å²) in [6.07, 6.45) is 4.24. The van der Waals surface area contributed by atoms with Gasteiger partial charge < -0.3 is 9.64 Å². The number of ketones is 1. The summed E-state index contributed by atoms with van der Waals surface area (Å²) in [4.78, 5) is 26.2. The molecule has 0 radical (unpaired) electrons. The Morgan fingerprint density at radius 1 is 1.20 bits per heavy atom. The van der Waals surface area contributed by atoms with Crippen LogP contribution in [0.15, 0.2) is 0 Å². The quantitative estimate of drug-likeness (QED) is 0.716. The highest BCUT2D eigenvalue weighted by Gasteiger charge is 2.47. The molecule has 116 valence electrons. The Hall–Kier alpha value is -1.06. The molecule has 1 aliphatic carbocycles. The molecule has 1 rings (SSSR count). The summed E-state index contributed by atoms with van der Waals surface area (Å²) in [5, 5.41) is 0. The molecule has 1 fully saturated rings. The van der Waals surface area contributed by atoms with Gasteiger partial charge in [0.15, 0.2) is 11.4 Å². The lowest BCUT2D eigenvalue weighted by molar-refractivity contribution is -0.147. The fraction of sp³-hybridized carbons (Fsp3) is 0.875. The summed E-state index contributed by atoms with van der Waals surface area (Å²) in [7, 11) is 3.28. The highest BCUT2D eigenvalue weighted by Crippen LogP contribution is 2.42. The molecule has 0 aliphatic heterocycles. The Morgan fingerprint density at radius 3 is 2.15 bits per heavy atom. The molecule has 0 bridgehead atoms. The van der Waals surface area contributed by atoms with Gasteiger partial charge in [-0.2, -0.15) is 0 Å². The van der Waals surface area contributed by atoms with Gasteiger partial charge in [-0.25, -0.2) is 4.79 Å². The summed E-state index contributed by atoms with van der Waals surface area (Å²) in [5.74, 6) is 0.574. The minimum absolute atomic E-state index is 0.0500. The van der Waals surface area contributed by atoms with Crippen LogP contribution in [0.5, 0.6) is 0 Å². The number of Topliss-reactive ketones (excluding diaryl/α,β-unsaturated/α-hetero) is 1. The van der Waals surface area contributed by atoms with Crippen LogP contribution in [0.25, 0.3) is 0 Å². The third-order valence-corrected chi connectivity index (χ3v) is 4.02. The number of carbonyl (C=O) groups is 2. The molecule has 0 aromatic heterocycles. The molecule has 0 spiro atoms. The Balaban J connectivity index is 2.91. The number of hydrogen-bond donors (Lipinski definition) is 0. The van der Waals surface area contributed by atoms with Gasteiger partial charge in [-0.05, 0) is 25.7 Å². The summed E-state index contributed by atoms with van der Waals surface area (Å²) >= 11 is 0. The fourth-order valence-electron chi connectivity index (χ4n) is 2.79. The van der Waals surface area contributed by atoms with E-state index in [0.29, 0.717) is 12.3 Å². The zero-order valence-electron chi connectivity index (χ0n) is 13.8. The first-order valence-corrected chi connectivity index (χ1v) is 7.57. The van der Waals surface area contributed by atoms with Gasteiger partial charge in [-0.3, -0.25) is 4.79 Å². The van der Waals surface area contributed by atoms with Crippen molar-refractivity contribution in [1.82, 2.24) is 4.90 Å². The molecule has 0 aromatic rings. The van der Waals surface area contributed by atoms with Gasteiger partial charge in [0.25, 0.3) is 0 Å². The van der Waals surface area contributed by atoms with Crippen LogP contribution in [0.4, 0.5) is 4.79 Å². The maximum atomic E-state index is 12.9. The summed E-state index contributed by atoms with van der Waals surface area (Å²) < 4.78 is 5.58. The molecule has 4 nitrogen and oxygen atoms in total. The minimum atomic E-state index is -0.999. The van der Waals surface area contributed by atoms with Crippen molar-refractivity contribution in [3.63, 3.8) is 0 Å². The number of carbonyl (C=O) groups excluding carboxylic acids is 2. The summed E-state index contributed by atoms with van der Waals surface area (Å²) in [5.41, 5.74) is -1.45. The largest absolute Gasteiger partial charge is 0.435 e. The summed E-state index contributed by atoms with van der Waals surface area (Å²) in [6, 6.07) is 0. The van der Waals surface area contributed by atoms with E-state index in [1.807, 2.05) is 13.8 Å². The Morgan fingerprint density at radius 2 is 1.75 bits per heavy atom. The van der Waals surface area contributed by atoms with Crippen LogP contribution in [0.1, 0.15) is 59.8 Å². The molecule has 0 aromatic carbocycles. The monoisotopic (exact) mass is 283 g/mol. The number of nitrogens with zero attached hydrogens (tertiary/aromatic N) is 1. The Labute approximate surface area is 122 Å². The fourth-order valence-corrected chi connectivity index (χ4v) is 2.79. The van der Waals surface area contributed by atoms with E-state index in [-0.39, 0.29) is 5.78 Å². The van der Waals surface area contributed by atoms with Crippen molar-refractivity contribution in [3.05, 3.63) is 0 Å². The number of ether oxygens (including phenoxy) is 1. The average molecular weight is 283 g/mol. The minimum Gasteiger partial charge on any atom is -0.435 e. The summed E-state index contributed by atoms with van der Waals surface area (Å²) in [6.45, 7) is 7.76. The van der Waals surface area contributed by atoms with Crippen molar-refractivity contribution in [3.8, 4) is 0 Å². The molecule has 0 saturated heterocycles. The molecule has 4 heteroatoms. The molecule has 1 amide bonds. The van der Waals surface area contributed by atoms with Crippen LogP contribution in [-0.4, -0.2) is 36.5 Å². The Bertz CT molecular complexity index is 372. The molecule has 1 aliphatic rings. The first-order chi connectivity index (χ1) is 9.12. The SMILES string of the molecule is CCCC(C)(C)C(=O)[C@@](C)(CC1CC1)OC(=O)N(C)C.